The number of nitrogens with zero attached hydrogens (tertiary/aromatic N) is 4. The fraction of sp³-hybridized carbons (Fsp3) is 0.529. The predicted molar refractivity (Wildman–Crippen MR) is 85.9 cm³/mol. The van der Waals surface area contributed by atoms with Crippen molar-refractivity contribution in [1.29, 1.82) is 0 Å². The lowest BCUT2D eigenvalue weighted by molar-refractivity contribution is 0.0721. The molecule has 0 radical (unpaired) electrons. The summed E-state index contributed by atoms with van der Waals surface area (Å²) in [6.07, 6.45) is 5.88. The molecular weight excluding hydrogens is 276 g/mol. The van der Waals surface area contributed by atoms with Crippen LogP contribution in [0.3, 0.4) is 0 Å². The van der Waals surface area contributed by atoms with E-state index in [-0.39, 0.29) is 11.9 Å². The molecule has 1 aliphatic rings. The monoisotopic (exact) mass is 300 g/mol. The number of carbonyl (C=O) groups excluding carboxylic acids is 1. The molecule has 22 heavy (non-hydrogen) atoms. The highest BCUT2D eigenvalue weighted by Crippen LogP contribution is 2.24. The van der Waals surface area contributed by atoms with Gasteiger partial charge in [-0.25, -0.2) is 0 Å². The van der Waals surface area contributed by atoms with Crippen molar-refractivity contribution >= 4 is 5.91 Å². The smallest absolute Gasteiger partial charge is 0.255 e. The average molecular weight is 300 g/mol. The fourth-order valence-electron chi connectivity index (χ4n) is 3.58. The van der Waals surface area contributed by atoms with Crippen LogP contribution in [0.4, 0.5) is 0 Å². The predicted octanol–water partition coefficient (Wildman–Crippen LogP) is 2.63. The Balaban J connectivity index is 1.81. The van der Waals surface area contributed by atoms with Crippen LogP contribution in [0.1, 0.15) is 41.5 Å². The van der Waals surface area contributed by atoms with E-state index in [1.165, 1.54) is 0 Å². The van der Waals surface area contributed by atoms with E-state index in [0.29, 0.717) is 0 Å². The maximum atomic E-state index is 13.0. The molecule has 0 spiro atoms. The summed E-state index contributed by atoms with van der Waals surface area (Å²) in [6.45, 7) is 8.76. The quantitative estimate of drug-likeness (QED) is 0.871. The van der Waals surface area contributed by atoms with Crippen LogP contribution in [0.2, 0.25) is 0 Å². The molecule has 5 nitrogen and oxygen atoms in total. The average Bonchev–Trinajstić information content (AvgIpc) is 3.21. The SMILES string of the molecule is CCn1c(C)cc(C(=O)N2CCC[C@H]2Cn2cccn2)c1C. The minimum absolute atomic E-state index is 0.169. The van der Waals surface area contributed by atoms with Gasteiger partial charge in [-0.3, -0.25) is 9.48 Å². The van der Waals surface area contributed by atoms with E-state index in [4.69, 9.17) is 0 Å². The summed E-state index contributed by atoms with van der Waals surface area (Å²) in [5, 5.41) is 4.27. The summed E-state index contributed by atoms with van der Waals surface area (Å²) in [5.41, 5.74) is 3.09. The molecule has 0 N–H and O–H groups in total. The van der Waals surface area contributed by atoms with Gasteiger partial charge in [-0.15, -0.1) is 0 Å². The molecule has 0 aliphatic carbocycles. The first-order valence-electron chi connectivity index (χ1n) is 8.07. The van der Waals surface area contributed by atoms with Crippen molar-refractivity contribution in [3.05, 3.63) is 41.5 Å². The van der Waals surface area contributed by atoms with Gasteiger partial charge in [0.05, 0.1) is 18.2 Å². The molecule has 0 bridgehead atoms. The number of amides is 1. The summed E-state index contributed by atoms with van der Waals surface area (Å²) in [5.74, 6) is 0.169. The molecule has 1 amide bonds. The van der Waals surface area contributed by atoms with Gasteiger partial charge in [0.2, 0.25) is 0 Å². The highest BCUT2D eigenvalue weighted by atomic mass is 16.2. The van der Waals surface area contributed by atoms with Crippen LogP contribution in [-0.4, -0.2) is 37.7 Å². The molecule has 1 saturated heterocycles. The lowest BCUT2D eigenvalue weighted by Crippen LogP contribution is -2.38. The number of aryl methyl sites for hydroxylation is 1. The number of hydrogen-bond donors (Lipinski definition) is 0. The van der Waals surface area contributed by atoms with Gasteiger partial charge in [0, 0.05) is 36.9 Å². The first-order valence-corrected chi connectivity index (χ1v) is 8.07. The molecule has 0 aromatic carbocycles. The molecule has 0 saturated carbocycles. The Morgan fingerprint density at radius 3 is 2.86 bits per heavy atom. The maximum absolute atomic E-state index is 13.0. The first-order chi connectivity index (χ1) is 10.6. The minimum Gasteiger partial charge on any atom is -0.349 e. The van der Waals surface area contributed by atoms with E-state index in [1.54, 1.807) is 6.20 Å². The first kappa shape index (κ1) is 14.9. The molecule has 2 aromatic rings. The number of hydrogen-bond acceptors (Lipinski definition) is 2. The van der Waals surface area contributed by atoms with Gasteiger partial charge < -0.3 is 9.47 Å². The van der Waals surface area contributed by atoms with Gasteiger partial charge in [0.1, 0.15) is 0 Å². The van der Waals surface area contributed by atoms with E-state index in [2.05, 4.69) is 23.5 Å². The van der Waals surface area contributed by atoms with Crippen molar-refractivity contribution in [1.82, 2.24) is 19.2 Å². The molecule has 2 aromatic heterocycles. The number of likely N-dealkylation sites (tertiary alicyclic amines) is 1. The highest BCUT2D eigenvalue weighted by molar-refractivity contribution is 5.96. The van der Waals surface area contributed by atoms with Crippen LogP contribution in [-0.2, 0) is 13.1 Å². The maximum Gasteiger partial charge on any atom is 0.255 e. The Labute approximate surface area is 131 Å². The zero-order valence-corrected chi connectivity index (χ0v) is 13.6. The number of rotatable bonds is 4. The van der Waals surface area contributed by atoms with Gasteiger partial charge in [0.25, 0.3) is 5.91 Å². The standard InChI is InChI=1S/C17H24N4O/c1-4-20-13(2)11-16(14(20)3)17(22)21-10-5-7-15(21)12-19-9-6-8-18-19/h6,8-9,11,15H,4-5,7,10,12H2,1-3H3/t15-/m0/s1. The van der Waals surface area contributed by atoms with Crippen LogP contribution >= 0.6 is 0 Å². The molecule has 1 atom stereocenters. The third-order valence-corrected chi connectivity index (χ3v) is 4.72. The van der Waals surface area contributed by atoms with Gasteiger partial charge in [-0.2, -0.15) is 5.10 Å². The Bertz CT molecular complexity index is 657. The van der Waals surface area contributed by atoms with Crippen LogP contribution < -0.4 is 0 Å². The van der Waals surface area contributed by atoms with Crippen molar-refractivity contribution in [2.24, 2.45) is 0 Å². The van der Waals surface area contributed by atoms with E-state index < -0.39 is 0 Å². The molecule has 1 aliphatic heterocycles. The largest absolute Gasteiger partial charge is 0.349 e. The fourth-order valence-corrected chi connectivity index (χ4v) is 3.58. The lowest BCUT2D eigenvalue weighted by Gasteiger charge is -2.25. The highest BCUT2D eigenvalue weighted by Gasteiger charge is 2.31. The van der Waals surface area contributed by atoms with Crippen molar-refractivity contribution in [2.75, 3.05) is 6.54 Å². The van der Waals surface area contributed by atoms with E-state index in [9.17, 15) is 4.79 Å². The molecule has 3 rings (SSSR count). The van der Waals surface area contributed by atoms with Gasteiger partial charge in [-0.1, -0.05) is 0 Å². The molecule has 118 valence electrons. The number of carbonyl (C=O) groups is 1. The van der Waals surface area contributed by atoms with Crippen molar-refractivity contribution in [3.63, 3.8) is 0 Å². The molecular formula is C17H24N4O. The van der Waals surface area contributed by atoms with Crippen LogP contribution in [0, 0.1) is 13.8 Å². The third kappa shape index (κ3) is 2.56. The Morgan fingerprint density at radius 1 is 1.41 bits per heavy atom. The summed E-state index contributed by atoms with van der Waals surface area (Å²) in [6, 6.07) is 4.21. The van der Waals surface area contributed by atoms with Crippen LogP contribution in [0.15, 0.2) is 24.5 Å². The minimum atomic E-state index is 0.169. The van der Waals surface area contributed by atoms with Crippen molar-refractivity contribution < 1.29 is 4.79 Å². The van der Waals surface area contributed by atoms with Crippen molar-refractivity contribution in [3.8, 4) is 0 Å². The second kappa shape index (κ2) is 5.99. The molecule has 3 heterocycles. The molecule has 5 heteroatoms. The second-order valence-corrected chi connectivity index (χ2v) is 6.05. The zero-order valence-electron chi connectivity index (χ0n) is 13.6. The van der Waals surface area contributed by atoms with Crippen LogP contribution in [0.5, 0.6) is 0 Å². The Kier molecular flexibility index (Phi) is 4.05. The Hall–Kier alpha value is -2.04. The van der Waals surface area contributed by atoms with E-state index in [0.717, 1.165) is 49.4 Å². The van der Waals surface area contributed by atoms with Gasteiger partial charge in [-0.05, 0) is 45.7 Å². The molecule has 1 fully saturated rings. The summed E-state index contributed by atoms with van der Waals surface area (Å²) in [7, 11) is 0. The van der Waals surface area contributed by atoms with Crippen LogP contribution in [0.25, 0.3) is 0 Å². The summed E-state index contributed by atoms with van der Waals surface area (Å²) in [4.78, 5) is 15.0. The van der Waals surface area contributed by atoms with Crippen molar-refractivity contribution in [2.45, 2.75) is 52.7 Å². The van der Waals surface area contributed by atoms with E-state index in [1.807, 2.05) is 34.8 Å². The van der Waals surface area contributed by atoms with E-state index >= 15 is 0 Å². The number of aromatic nitrogens is 3. The zero-order chi connectivity index (χ0) is 15.7. The topological polar surface area (TPSA) is 43.1 Å². The Morgan fingerprint density at radius 2 is 2.23 bits per heavy atom. The lowest BCUT2D eigenvalue weighted by atomic mass is 10.2. The van der Waals surface area contributed by atoms with Gasteiger partial charge in [0.15, 0.2) is 0 Å². The third-order valence-electron chi connectivity index (χ3n) is 4.72. The second-order valence-electron chi connectivity index (χ2n) is 6.05. The molecule has 0 unspecified atom stereocenters. The van der Waals surface area contributed by atoms with Gasteiger partial charge >= 0.3 is 0 Å². The normalized spacial score (nSPS) is 18.1. The summed E-state index contributed by atoms with van der Waals surface area (Å²) >= 11 is 0. The summed E-state index contributed by atoms with van der Waals surface area (Å²) < 4.78 is 4.12.